The van der Waals surface area contributed by atoms with Gasteiger partial charge in [0.1, 0.15) is 12.4 Å². The zero-order valence-corrected chi connectivity index (χ0v) is 11.5. The Morgan fingerprint density at radius 3 is 2.83 bits per heavy atom. The van der Waals surface area contributed by atoms with Crippen LogP contribution in [0, 0.1) is 0 Å². The molecule has 0 heterocycles. The molecule has 0 spiro atoms. The molecular formula is C14H20ClNO2. The van der Waals surface area contributed by atoms with Crippen LogP contribution in [-0.2, 0) is 11.3 Å². The first-order valence-electron chi connectivity index (χ1n) is 6.52. The minimum atomic E-state index is 0.535. The third-order valence-electron chi connectivity index (χ3n) is 2.86. The molecule has 0 bridgehead atoms. The van der Waals surface area contributed by atoms with Crippen molar-refractivity contribution in [1.29, 1.82) is 0 Å². The van der Waals surface area contributed by atoms with E-state index in [-0.39, 0.29) is 0 Å². The highest BCUT2D eigenvalue weighted by atomic mass is 35.5. The minimum absolute atomic E-state index is 0.535. The van der Waals surface area contributed by atoms with Crippen molar-refractivity contribution in [2.75, 3.05) is 19.8 Å². The Balaban J connectivity index is 1.79. The van der Waals surface area contributed by atoms with Gasteiger partial charge in [0, 0.05) is 19.2 Å². The van der Waals surface area contributed by atoms with E-state index in [0.29, 0.717) is 30.9 Å². The molecule has 1 aliphatic carbocycles. The number of benzene rings is 1. The molecule has 1 aromatic rings. The standard InChI is InChI=1S/C14H20ClNO2/c1-2-17-7-8-18-14-6-3-11(9-13(14)15)10-16-12-4-5-12/h3,6,9,12,16H,2,4-5,7-8,10H2,1H3. The predicted molar refractivity (Wildman–Crippen MR) is 73.3 cm³/mol. The monoisotopic (exact) mass is 269 g/mol. The summed E-state index contributed by atoms with van der Waals surface area (Å²) in [6.45, 7) is 4.69. The van der Waals surface area contributed by atoms with E-state index in [1.54, 1.807) is 0 Å². The van der Waals surface area contributed by atoms with Gasteiger partial charge in [-0.05, 0) is 37.5 Å². The molecule has 1 aromatic carbocycles. The van der Waals surface area contributed by atoms with Crippen molar-refractivity contribution in [3.05, 3.63) is 28.8 Å². The van der Waals surface area contributed by atoms with Gasteiger partial charge >= 0.3 is 0 Å². The molecule has 0 unspecified atom stereocenters. The van der Waals surface area contributed by atoms with Gasteiger partial charge in [-0.15, -0.1) is 0 Å². The zero-order chi connectivity index (χ0) is 12.8. The summed E-state index contributed by atoms with van der Waals surface area (Å²) in [5, 5.41) is 4.13. The lowest BCUT2D eigenvalue weighted by atomic mass is 10.2. The second kappa shape index (κ2) is 6.98. The Bertz CT molecular complexity index is 380. The van der Waals surface area contributed by atoms with Crippen molar-refractivity contribution < 1.29 is 9.47 Å². The molecule has 4 heteroatoms. The predicted octanol–water partition coefficient (Wildman–Crippen LogP) is 3.01. The lowest BCUT2D eigenvalue weighted by Crippen LogP contribution is -2.15. The third-order valence-corrected chi connectivity index (χ3v) is 3.15. The summed E-state index contributed by atoms with van der Waals surface area (Å²) in [4.78, 5) is 0. The van der Waals surface area contributed by atoms with E-state index in [2.05, 4.69) is 11.4 Å². The smallest absolute Gasteiger partial charge is 0.138 e. The maximum absolute atomic E-state index is 6.18. The van der Waals surface area contributed by atoms with Crippen molar-refractivity contribution in [2.45, 2.75) is 32.4 Å². The molecule has 0 radical (unpaired) electrons. The van der Waals surface area contributed by atoms with Gasteiger partial charge < -0.3 is 14.8 Å². The first-order chi connectivity index (χ1) is 8.79. The van der Waals surface area contributed by atoms with E-state index >= 15 is 0 Å². The molecule has 3 nitrogen and oxygen atoms in total. The van der Waals surface area contributed by atoms with Crippen LogP contribution in [0.1, 0.15) is 25.3 Å². The Labute approximate surface area is 113 Å². The molecule has 0 amide bonds. The minimum Gasteiger partial charge on any atom is -0.490 e. The number of halogens is 1. The second-order valence-electron chi connectivity index (χ2n) is 4.47. The molecule has 2 rings (SSSR count). The van der Waals surface area contributed by atoms with Crippen LogP contribution in [0.4, 0.5) is 0 Å². The second-order valence-corrected chi connectivity index (χ2v) is 4.87. The molecule has 0 atom stereocenters. The summed E-state index contributed by atoms with van der Waals surface area (Å²) in [6.07, 6.45) is 2.60. The van der Waals surface area contributed by atoms with E-state index in [4.69, 9.17) is 21.1 Å². The Hall–Kier alpha value is -0.770. The summed E-state index contributed by atoms with van der Waals surface area (Å²) >= 11 is 6.18. The Kier molecular flexibility index (Phi) is 5.29. The van der Waals surface area contributed by atoms with Crippen molar-refractivity contribution >= 4 is 11.6 Å². The summed E-state index contributed by atoms with van der Waals surface area (Å²) in [7, 11) is 0. The normalized spacial score (nSPS) is 14.8. The van der Waals surface area contributed by atoms with Gasteiger partial charge in [0.15, 0.2) is 0 Å². The molecule has 1 N–H and O–H groups in total. The van der Waals surface area contributed by atoms with Gasteiger partial charge in [0.05, 0.1) is 11.6 Å². The van der Waals surface area contributed by atoms with Crippen LogP contribution < -0.4 is 10.1 Å². The van der Waals surface area contributed by atoms with Crippen LogP contribution in [-0.4, -0.2) is 25.9 Å². The SMILES string of the molecule is CCOCCOc1ccc(CNC2CC2)cc1Cl. The van der Waals surface area contributed by atoms with Crippen molar-refractivity contribution in [1.82, 2.24) is 5.32 Å². The number of rotatable bonds is 8. The fraction of sp³-hybridized carbons (Fsp3) is 0.571. The van der Waals surface area contributed by atoms with E-state index in [9.17, 15) is 0 Å². The zero-order valence-electron chi connectivity index (χ0n) is 10.7. The lowest BCUT2D eigenvalue weighted by molar-refractivity contribution is 0.110. The molecule has 18 heavy (non-hydrogen) atoms. The summed E-state index contributed by atoms with van der Waals surface area (Å²) < 4.78 is 10.8. The third kappa shape index (κ3) is 4.48. The highest BCUT2D eigenvalue weighted by Gasteiger charge is 2.19. The highest BCUT2D eigenvalue weighted by Crippen LogP contribution is 2.26. The molecule has 1 fully saturated rings. The molecule has 100 valence electrons. The molecule has 1 saturated carbocycles. The van der Waals surface area contributed by atoms with Gasteiger partial charge in [-0.2, -0.15) is 0 Å². The van der Waals surface area contributed by atoms with E-state index in [1.807, 2.05) is 19.1 Å². The number of hydrogen-bond acceptors (Lipinski definition) is 3. The van der Waals surface area contributed by atoms with Gasteiger partial charge in [0.25, 0.3) is 0 Å². The maximum Gasteiger partial charge on any atom is 0.138 e. The van der Waals surface area contributed by atoms with Crippen molar-refractivity contribution in [3.63, 3.8) is 0 Å². The lowest BCUT2D eigenvalue weighted by Gasteiger charge is -2.10. The summed E-state index contributed by atoms with van der Waals surface area (Å²) in [5.41, 5.74) is 1.20. The topological polar surface area (TPSA) is 30.5 Å². The van der Waals surface area contributed by atoms with E-state index in [0.717, 1.165) is 12.3 Å². The molecule has 1 aliphatic rings. The Morgan fingerprint density at radius 2 is 2.17 bits per heavy atom. The summed E-state index contributed by atoms with van der Waals surface area (Å²) in [6, 6.07) is 6.66. The Morgan fingerprint density at radius 1 is 1.33 bits per heavy atom. The fourth-order valence-electron chi connectivity index (χ4n) is 1.68. The summed E-state index contributed by atoms with van der Waals surface area (Å²) in [5.74, 6) is 0.728. The largest absolute Gasteiger partial charge is 0.490 e. The average molecular weight is 270 g/mol. The van der Waals surface area contributed by atoms with Gasteiger partial charge in [-0.3, -0.25) is 0 Å². The van der Waals surface area contributed by atoms with Crippen molar-refractivity contribution in [3.8, 4) is 5.75 Å². The molecule has 0 saturated heterocycles. The van der Waals surface area contributed by atoms with Crippen LogP contribution in [0.15, 0.2) is 18.2 Å². The van der Waals surface area contributed by atoms with Crippen LogP contribution in [0.25, 0.3) is 0 Å². The van der Waals surface area contributed by atoms with Crippen LogP contribution >= 0.6 is 11.6 Å². The van der Waals surface area contributed by atoms with Gasteiger partial charge in [-0.25, -0.2) is 0 Å². The van der Waals surface area contributed by atoms with Crippen LogP contribution in [0.3, 0.4) is 0 Å². The maximum atomic E-state index is 6.18. The number of hydrogen-bond donors (Lipinski definition) is 1. The first kappa shape index (κ1) is 13.7. The number of ether oxygens (including phenoxy) is 2. The number of nitrogens with one attached hydrogen (secondary N) is 1. The van der Waals surface area contributed by atoms with Crippen molar-refractivity contribution in [2.24, 2.45) is 0 Å². The van der Waals surface area contributed by atoms with Crippen LogP contribution in [0.2, 0.25) is 5.02 Å². The van der Waals surface area contributed by atoms with Gasteiger partial charge in [0.2, 0.25) is 0 Å². The molecule has 0 aromatic heterocycles. The quantitative estimate of drug-likeness (QED) is 0.736. The molecular weight excluding hydrogens is 250 g/mol. The van der Waals surface area contributed by atoms with Crippen LogP contribution in [0.5, 0.6) is 5.75 Å². The highest BCUT2D eigenvalue weighted by molar-refractivity contribution is 6.32. The first-order valence-corrected chi connectivity index (χ1v) is 6.89. The van der Waals surface area contributed by atoms with E-state index in [1.165, 1.54) is 18.4 Å². The average Bonchev–Trinajstić information content (AvgIpc) is 3.18. The fourth-order valence-corrected chi connectivity index (χ4v) is 1.93. The van der Waals surface area contributed by atoms with E-state index < -0.39 is 0 Å². The molecule has 0 aliphatic heterocycles. The van der Waals surface area contributed by atoms with Gasteiger partial charge in [-0.1, -0.05) is 17.7 Å².